The van der Waals surface area contributed by atoms with Gasteiger partial charge in [-0.3, -0.25) is 0 Å². The number of hydrogen-bond acceptors (Lipinski definition) is 2. The maximum atomic E-state index is 2.46. The lowest BCUT2D eigenvalue weighted by Crippen LogP contribution is -1.90. The lowest BCUT2D eigenvalue weighted by Gasteiger charge is -2.17. The Morgan fingerprint density at radius 2 is 0.469 bits per heavy atom. The van der Waals surface area contributed by atoms with E-state index in [4.69, 9.17) is 0 Å². The van der Waals surface area contributed by atoms with Crippen LogP contribution in [0.5, 0.6) is 0 Å². The van der Waals surface area contributed by atoms with E-state index in [1.807, 2.05) is 22.7 Å². The van der Waals surface area contributed by atoms with Crippen LogP contribution in [0.25, 0.3) is 139 Å². The number of rotatable bonds is 4. The molecule has 0 atom stereocenters. The van der Waals surface area contributed by atoms with Crippen molar-refractivity contribution in [3.8, 4) is 44.5 Å². The summed E-state index contributed by atoms with van der Waals surface area (Å²) in [4.78, 5) is 0. The molecule has 0 aliphatic rings. The summed E-state index contributed by atoms with van der Waals surface area (Å²) < 4.78 is 5.29. The maximum absolute atomic E-state index is 2.46. The fourth-order valence-electron chi connectivity index (χ4n) is 10.8. The van der Waals surface area contributed by atoms with Gasteiger partial charge in [0.15, 0.2) is 0 Å². The zero-order valence-corrected chi connectivity index (χ0v) is 36.2. The second kappa shape index (κ2) is 13.9. The minimum atomic E-state index is 1.25. The lowest BCUT2D eigenvalue weighted by molar-refractivity contribution is 1.66. The van der Waals surface area contributed by atoms with Crippen LogP contribution >= 0.6 is 22.7 Å². The van der Waals surface area contributed by atoms with Gasteiger partial charge in [0.25, 0.3) is 0 Å². The molecule has 0 radical (unpaired) electrons. The molecule has 0 aliphatic carbocycles. The van der Waals surface area contributed by atoms with Crippen molar-refractivity contribution in [1.82, 2.24) is 0 Å². The Morgan fingerprint density at radius 1 is 0.188 bits per heavy atom. The predicted octanol–water partition coefficient (Wildman–Crippen LogP) is 18.9. The molecule has 0 bridgehead atoms. The molecule has 14 aromatic rings. The van der Waals surface area contributed by atoms with Crippen molar-refractivity contribution in [2.24, 2.45) is 0 Å². The fraction of sp³-hybridized carbons (Fsp3) is 0. The molecule has 0 saturated heterocycles. The standard InChI is InChI=1S/C62H36S2/c1-3-15-37(16-4-1)59-43-19-7-11-23-47(43)61(48-24-12-8-20-44(48)59)39-27-29-55-51(31-39)53-33-41-34-54-52-32-40(28-30-56(52)64-58(54)36-42(41)35-57(53)63-55)62-49-25-13-9-21-45(49)60(38-17-5-2-6-18-38)46-22-10-14-26-50(46)62/h1-36H. The van der Waals surface area contributed by atoms with Crippen LogP contribution in [0.3, 0.4) is 0 Å². The van der Waals surface area contributed by atoms with Crippen molar-refractivity contribution in [2.45, 2.75) is 0 Å². The van der Waals surface area contributed by atoms with Crippen molar-refractivity contribution >= 4 is 117 Å². The molecule has 64 heavy (non-hydrogen) atoms. The summed E-state index contributed by atoms with van der Waals surface area (Å²) in [5.41, 5.74) is 10.2. The van der Waals surface area contributed by atoms with Crippen molar-refractivity contribution in [2.75, 3.05) is 0 Å². The molecule has 12 aromatic carbocycles. The van der Waals surface area contributed by atoms with Crippen LogP contribution in [0.1, 0.15) is 0 Å². The van der Waals surface area contributed by atoms with Crippen LogP contribution in [0, 0.1) is 0 Å². The van der Waals surface area contributed by atoms with Gasteiger partial charge in [0.05, 0.1) is 0 Å². The van der Waals surface area contributed by atoms with Crippen molar-refractivity contribution in [1.29, 1.82) is 0 Å². The smallest absolute Gasteiger partial charge is 0.0361 e. The lowest BCUT2D eigenvalue weighted by atomic mass is 9.86. The highest BCUT2D eigenvalue weighted by Crippen LogP contribution is 2.48. The number of fused-ring (bicyclic) bond motifs is 11. The predicted molar refractivity (Wildman–Crippen MR) is 281 cm³/mol. The van der Waals surface area contributed by atoms with Gasteiger partial charge in [-0.1, -0.05) is 170 Å². The van der Waals surface area contributed by atoms with Crippen LogP contribution in [0.15, 0.2) is 218 Å². The molecule has 0 spiro atoms. The Morgan fingerprint density at radius 3 is 0.812 bits per heavy atom. The van der Waals surface area contributed by atoms with Gasteiger partial charge in [0.1, 0.15) is 0 Å². The Bertz CT molecular complexity index is 3840. The summed E-state index contributed by atoms with van der Waals surface area (Å²) in [6.07, 6.45) is 0. The monoisotopic (exact) mass is 844 g/mol. The first kappa shape index (κ1) is 35.9. The largest absolute Gasteiger partial charge is 0.135 e. The van der Waals surface area contributed by atoms with E-state index in [-0.39, 0.29) is 0 Å². The average molecular weight is 845 g/mol. The molecule has 0 aliphatic heterocycles. The molecule has 2 heterocycles. The fourth-order valence-corrected chi connectivity index (χ4v) is 13.0. The molecule has 2 aromatic heterocycles. The SMILES string of the molecule is c1ccc(-c2c3ccccc3c(-c3ccc4sc5cc6cc7sc8ccc(-c9c%10ccccc%10c(-c%10ccccc%10)c%10ccccc9%10)cc8c7cc6cc5c4c3)c3ccccc23)cc1. The molecule has 0 N–H and O–H groups in total. The van der Waals surface area contributed by atoms with Gasteiger partial charge >= 0.3 is 0 Å². The van der Waals surface area contributed by atoms with Gasteiger partial charge in [-0.15, -0.1) is 22.7 Å². The Labute approximate surface area is 377 Å². The Hall–Kier alpha value is -7.62. The summed E-state index contributed by atoms with van der Waals surface area (Å²) in [5, 5.41) is 18.1. The third-order valence-electron chi connectivity index (χ3n) is 13.6. The molecule has 0 nitrogen and oxygen atoms in total. The second-order valence-corrected chi connectivity index (χ2v) is 19.3. The van der Waals surface area contributed by atoms with E-state index in [1.54, 1.807) is 0 Å². The Kier molecular flexibility index (Phi) is 7.83. The molecule has 0 fully saturated rings. The first-order valence-corrected chi connectivity index (χ1v) is 23.6. The summed E-state index contributed by atoms with van der Waals surface area (Å²) in [7, 11) is 0. The minimum Gasteiger partial charge on any atom is -0.135 e. The number of thiophene rings is 2. The highest BCUT2D eigenvalue weighted by molar-refractivity contribution is 7.26. The summed E-state index contributed by atoms with van der Waals surface area (Å²) in [6.45, 7) is 0. The van der Waals surface area contributed by atoms with E-state index in [2.05, 4.69) is 218 Å². The van der Waals surface area contributed by atoms with Gasteiger partial charge < -0.3 is 0 Å². The summed E-state index contributed by atoms with van der Waals surface area (Å²) in [6, 6.07) is 81.6. The van der Waals surface area contributed by atoms with Gasteiger partial charge in [-0.25, -0.2) is 0 Å². The van der Waals surface area contributed by atoms with Gasteiger partial charge in [0, 0.05) is 40.3 Å². The van der Waals surface area contributed by atoms with Gasteiger partial charge in [-0.2, -0.15) is 0 Å². The van der Waals surface area contributed by atoms with Gasteiger partial charge in [-0.05, 0) is 147 Å². The van der Waals surface area contributed by atoms with E-state index in [0.29, 0.717) is 0 Å². The highest BCUT2D eigenvalue weighted by Gasteiger charge is 2.20. The van der Waals surface area contributed by atoms with Gasteiger partial charge in [0.2, 0.25) is 0 Å². The number of hydrogen-bond donors (Lipinski definition) is 0. The highest BCUT2D eigenvalue weighted by atomic mass is 32.1. The van der Waals surface area contributed by atoms with Crippen molar-refractivity contribution in [3.05, 3.63) is 218 Å². The minimum absolute atomic E-state index is 1.25. The third kappa shape index (κ3) is 5.34. The first-order valence-electron chi connectivity index (χ1n) is 22.0. The van der Waals surface area contributed by atoms with Crippen LogP contribution < -0.4 is 0 Å². The van der Waals surface area contributed by atoms with E-state index in [9.17, 15) is 0 Å². The van der Waals surface area contributed by atoms with Crippen LogP contribution in [0.2, 0.25) is 0 Å². The van der Waals surface area contributed by atoms with E-state index < -0.39 is 0 Å². The zero-order valence-electron chi connectivity index (χ0n) is 34.6. The molecular weight excluding hydrogens is 809 g/mol. The molecule has 296 valence electrons. The quantitative estimate of drug-likeness (QED) is 0.155. The van der Waals surface area contributed by atoms with Crippen LogP contribution in [-0.2, 0) is 0 Å². The molecule has 0 unspecified atom stereocenters. The van der Waals surface area contributed by atoms with E-state index in [1.165, 1.54) is 139 Å². The normalized spacial score (nSPS) is 12.1. The molecule has 0 amide bonds. The summed E-state index contributed by atoms with van der Waals surface area (Å²) in [5.74, 6) is 0. The van der Waals surface area contributed by atoms with Crippen molar-refractivity contribution in [3.63, 3.8) is 0 Å². The second-order valence-electron chi connectivity index (χ2n) is 17.1. The zero-order chi connectivity index (χ0) is 41.9. The van der Waals surface area contributed by atoms with E-state index >= 15 is 0 Å². The average Bonchev–Trinajstić information content (AvgIpc) is 3.89. The number of benzene rings is 12. The Balaban J connectivity index is 0.958. The molecule has 14 rings (SSSR count). The van der Waals surface area contributed by atoms with Crippen LogP contribution in [0.4, 0.5) is 0 Å². The molecular formula is C62H36S2. The molecule has 0 saturated carbocycles. The maximum Gasteiger partial charge on any atom is 0.0361 e. The third-order valence-corrected chi connectivity index (χ3v) is 15.8. The summed E-state index contributed by atoms with van der Waals surface area (Å²) >= 11 is 3.80. The topological polar surface area (TPSA) is 0 Å². The van der Waals surface area contributed by atoms with Crippen molar-refractivity contribution < 1.29 is 0 Å². The molecule has 2 heteroatoms. The first-order chi connectivity index (χ1) is 31.7. The van der Waals surface area contributed by atoms with Crippen LogP contribution in [-0.4, -0.2) is 0 Å². The van der Waals surface area contributed by atoms with E-state index in [0.717, 1.165) is 0 Å².